The van der Waals surface area contributed by atoms with Crippen LogP contribution in [0, 0.1) is 0 Å². The zero-order valence-electron chi connectivity index (χ0n) is 8.10. The lowest BCUT2D eigenvalue weighted by Crippen LogP contribution is -2.28. The molecular formula is C10H9N3O2. The molecule has 0 amide bonds. The first-order valence-electron chi connectivity index (χ1n) is 4.40. The maximum atomic E-state index is 11.5. The molecule has 0 aromatic carbocycles. The van der Waals surface area contributed by atoms with Crippen molar-refractivity contribution in [2.75, 3.05) is 0 Å². The molecule has 0 saturated heterocycles. The Morgan fingerprint density at radius 2 is 2.13 bits per heavy atom. The van der Waals surface area contributed by atoms with E-state index in [-0.39, 0.29) is 0 Å². The van der Waals surface area contributed by atoms with E-state index in [0.717, 1.165) is 0 Å². The van der Waals surface area contributed by atoms with Crippen molar-refractivity contribution < 1.29 is 0 Å². The SMILES string of the molecule is Cn1cc(-c2ccccn2)c(=O)[nH]c1=O. The van der Waals surface area contributed by atoms with Crippen LogP contribution >= 0.6 is 0 Å². The number of aromatic amines is 1. The Kier molecular flexibility index (Phi) is 2.21. The number of hydrogen-bond acceptors (Lipinski definition) is 3. The van der Waals surface area contributed by atoms with Crippen molar-refractivity contribution in [2.45, 2.75) is 0 Å². The minimum absolute atomic E-state index is 0.387. The Morgan fingerprint density at radius 1 is 1.33 bits per heavy atom. The van der Waals surface area contributed by atoms with Gasteiger partial charge in [-0.15, -0.1) is 0 Å². The van der Waals surface area contributed by atoms with Crippen molar-refractivity contribution in [3.8, 4) is 11.3 Å². The van der Waals surface area contributed by atoms with Crippen molar-refractivity contribution in [2.24, 2.45) is 7.05 Å². The summed E-state index contributed by atoms with van der Waals surface area (Å²) in [5.74, 6) is 0. The molecule has 0 radical (unpaired) electrons. The van der Waals surface area contributed by atoms with Gasteiger partial charge in [-0.1, -0.05) is 6.07 Å². The summed E-state index contributed by atoms with van der Waals surface area (Å²) < 4.78 is 1.31. The predicted octanol–water partition coefficient (Wildman–Crippen LogP) is 0.136. The second-order valence-corrected chi connectivity index (χ2v) is 3.13. The number of H-pyrrole nitrogens is 1. The zero-order chi connectivity index (χ0) is 10.8. The third kappa shape index (κ3) is 1.71. The summed E-state index contributed by atoms with van der Waals surface area (Å²) in [5, 5.41) is 0. The van der Waals surface area contributed by atoms with Gasteiger partial charge in [-0.25, -0.2) is 4.79 Å². The number of hydrogen-bond donors (Lipinski definition) is 1. The molecule has 76 valence electrons. The molecule has 2 aromatic heterocycles. The summed E-state index contributed by atoms with van der Waals surface area (Å²) in [6.07, 6.45) is 3.07. The maximum absolute atomic E-state index is 11.5. The summed E-state index contributed by atoms with van der Waals surface area (Å²) in [6.45, 7) is 0. The van der Waals surface area contributed by atoms with Gasteiger partial charge in [0.05, 0.1) is 11.3 Å². The monoisotopic (exact) mass is 203 g/mol. The fourth-order valence-corrected chi connectivity index (χ4v) is 1.27. The van der Waals surface area contributed by atoms with Crippen LogP contribution in [-0.4, -0.2) is 14.5 Å². The first-order chi connectivity index (χ1) is 7.18. The molecule has 0 aliphatic carbocycles. The van der Waals surface area contributed by atoms with Gasteiger partial charge >= 0.3 is 5.69 Å². The highest BCUT2D eigenvalue weighted by atomic mass is 16.2. The van der Waals surface area contributed by atoms with Crippen LogP contribution in [0.5, 0.6) is 0 Å². The van der Waals surface area contributed by atoms with E-state index in [2.05, 4.69) is 9.97 Å². The molecule has 2 heterocycles. The summed E-state index contributed by atoms with van der Waals surface area (Å²) in [5.41, 5.74) is 0.0866. The summed E-state index contributed by atoms with van der Waals surface area (Å²) >= 11 is 0. The van der Waals surface area contributed by atoms with Gasteiger partial charge < -0.3 is 4.57 Å². The zero-order valence-corrected chi connectivity index (χ0v) is 8.10. The van der Waals surface area contributed by atoms with E-state index in [4.69, 9.17) is 0 Å². The molecule has 0 fully saturated rings. The molecule has 2 aromatic rings. The molecule has 0 aliphatic rings. The third-order valence-corrected chi connectivity index (χ3v) is 2.05. The third-order valence-electron chi connectivity index (χ3n) is 2.05. The van der Waals surface area contributed by atoms with Crippen molar-refractivity contribution in [3.05, 3.63) is 51.4 Å². The molecule has 2 rings (SSSR count). The molecule has 0 aliphatic heterocycles. The molecule has 5 heteroatoms. The summed E-state index contributed by atoms with van der Waals surface area (Å²) in [6, 6.07) is 5.27. The molecule has 1 N–H and O–H groups in total. The highest BCUT2D eigenvalue weighted by Gasteiger charge is 2.05. The lowest BCUT2D eigenvalue weighted by Gasteiger charge is -2.01. The molecule has 15 heavy (non-hydrogen) atoms. The lowest BCUT2D eigenvalue weighted by molar-refractivity contribution is 0.801. The van der Waals surface area contributed by atoms with Crippen LogP contribution in [0.3, 0.4) is 0 Å². The van der Waals surface area contributed by atoms with Crippen LogP contribution in [0.15, 0.2) is 40.2 Å². The standard InChI is InChI=1S/C10H9N3O2/c1-13-6-7(9(14)12-10(13)15)8-4-2-3-5-11-8/h2-6H,1H3,(H,12,14,15). The van der Waals surface area contributed by atoms with Crippen molar-refractivity contribution in [1.29, 1.82) is 0 Å². The smallest absolute Gasteiger partial charge is 0.303 e. The topological polar surface area (TPSA) is 67.8 Å². The normalized spacial score (nSPS) is 10.2. The van der Waals surface area contributed by atoms with E-state index in [1.54, 1.807) is 31.4 Å². The Morgan fingerprint density at radius 3 is 2.80 bits per heavy atom. The minimum atomic E-state index is -0.431. The summed E-state index contributed by atoms with van der Waals surface area (Å²) in [4.78, 5) is 28.9. The van der Waals surface area contributed by atoms with E-state index < -0.39 is 11.2 Å². The highest BCUT2D eigenvalue weighted by molar-refractivity contribution is 5.55. The molecule has 0 atom stereocenters. The number of aromatic nitrogens is 3. The van der Waals surface area contributed by atoms with Crippen LogP contribution < -0.4 is 11.2 Å². The second-order valence-electron chi connectivity index (χ2n) is 3.13. The van der Waals surface area contributed by atoms with Crippen molar-refractivity contribution in [1.82, 2.24) is 14.5 Å². The van der Waals surface area contributed by atoms with Crippen molar-refractivity contribution in [3.63, 3.8) is 0 Å². The molecule has 0 bridgehead atoms. The van der Waals surface area contributed by atoms with Gasteiger partial charge in [0.1, 0.15) is 0 Å². The van der Waals surface area contributed by atoms with Gasteiger partial charge in [-0.3, -0.25) is 14.8 Å². The lowest BCUT2D eigenvalue weighted by atomic mass is 10.2. The van der Waals surface area contributed by atoms with Crippen LogP contribution in [0.1, 0.15) is 0 Å². The Labute approximate surface area is 85.0 Å². The molecular weight excluding hydrogens is 194 g/mol. The van der Waals surface area contributed by atoms with Gasteiger partial charge in [-0.2, -0.15) is 0 Å². The highest BCUT2D eigenvalue weighted by Crippen LogP contribution is 2.08. The van der Waals surface area contributed by atoms with Gasteiger partial charge in [0.2, 0.25) is 0 Å². The fourth-order valence-electron chi connectivity index (χ4n) is 1.27. The Hall–Kier alpha value is -2.17. The fraction of sp³-hybridized carbons (Fsp3) is 0.100. The molecule has 0 saturated carbocycles. The minimum Gasteiger partial charge on any atom is -0.303 e. The number of nitrogens with one attached hydrogen (secondary N) is 1. The average Bonchev–Trinajstić information content (AvgIpc) is 2.25. The largest absolute Gasteiger partial charge is 0.328 e. The van der Waals surface area contributed by atoms with Crippen LogP contribution in [-0.2, 0) is 7.05 Å². The Balaban J connectivity index is 2.70. The van der Waals surface area contributed by atoms with Crippen LogP contribution in [0.4, 0.5) is 0 Å². The summed E-state index contributed by atoms with van der Waals surface area (Å²) in [7, 11) is 1.57. The number of pyridine rings is 1. The first kappa shape index (κ1) is 9.39. The molecule has 0 spiro atoms. The van der Waals surface area contributed by atoms with Crippen LogP contribution in [0.2, 0.25) is 0 Å². The van der Waals surface area contributed by atoms with Crippen molar-refractivity contribution >= 4 is 0 Å². The second kappa shape index (κ2) is 3.53. The van der Waals surface area contributed by atoms with E-state index in [1.807, 2.05) is 0 Å². The quantitative estimate of drug-likeness (QED) is 0.716. The Bertz CT molecular complexity index is 584. The van der Waals surface area contributed by atoms with Gasteiger partial charge in [0.25, 0.3) is 5.56 Å². The maximum Gasteiger partial charge on any atom is 0.328 e. The molecule has 5 nitrogen and oxygen atoms in total. The first-order valence-corrected chi connectivity index (χ1v) is 4.40. The number of rotatable bonds is 1. The number of aryl methyl sites for hydroxylation is 1. The van der Waals surface area contributed by atoms with E-state index in [9.17, 15) is 9.59 Å². The van der Waals surface area contributed by atoms with E-state index in [1.165, 1.54) is 10.8 Å². The average molecular weight is 203 g/mol. The number of nitrogens with zero attached hydrogens (tertiary/aromatic N) is 2. The predicted molar refractivity (Wildman–Crippen MR) is 55.5 cm³/mol. The van der Waals surface area contributed by atoms with Gasteiger partial charge in [0.15, 0.2) is 0 Å². The van der Waals surface area contributed by atoms with E-state index >= 15 is 0 Å². The van der Waals surface area contributed by atoms with Crippen LogP contribution in [0.25, 0.3) is 11.3 Å². The van der Waals surface area contributed by atoms with E-state index in [0.29, 0.717) is 11.3 Å². The van der Waals surface area contributed by atoms with Gasteiger partial charge in [-0.05, 0) is 12.1 Å². The van der Waals surface area contributed by atoms with Gasteiger partial charge in [0, 0.05) is 19.4 Å². The molecule has 0 unspecified atom stereocenters.